The van der Waals surface area contributed by atoms with Crippen molar-refractivity contribution >= 4 is 10.8 Å². The van der Waals surface area contributed by atoms with E-state index >= 15 is 4.39 Å². The molecule has 0 atom stereocenters. The largest absolute Gasteiger partial charge is 0.489 e. The third kappa shape index (κ3) is 6.11. The lowest BCUT2D eigenvalue weighted by Gasteiger charge is -2.10. The van der Waals surface area contributed by atoms with E-state index < -0.39 is 11.7 Å². The summed E-state index contributed by atoms with van der Waals surface area (Å²) in [6.45, 7) is 3.88. The third-order valence-corrected chi connectivity index (χ3v) is 6.14. The summed E-state index contributed by atoms with van der Waals surface area (Å²) in [5.41, 5.74) is 2.06. The molecule has 186 valence electrons. The minimum Gasteiger partial charge on any atom is -0.489 e. The van der Waals surface area contributed by atoms with Crippen molar-refractivity contribution in [2.45, 2.75) is 31.9 Å². The topological polar surface area (TPSA) is 9.23 Å². The molecule has 0 unspecified atom stereocenters. The van der Waals surface area contributed by atoms with Crippen LogP contribution in [0.25, 0.3) is 10.8 Å². The normalized spacial score (nSPS) is 11.6. The summed E-state index contributed by atoms with van der Waals surface area (Å²) in [4.78, 5) is 0. The Bertz CT molecular complexity index is 1360. The van der Waals surface area contributed by atoms with Crippen LogP contribution in [0.3, 0.4) is 0 Å². The molecule has 6 heteroatoms. The molecule has 0 aliphatic heterocycles. The van der Waals surface area contributed by atoms with E-state index in [9.17, 15) is 17.6 Å². The second-order valence-corrected chi connectivity index (χ2v) is 8.64. The second-order valence-electron chi connectivity index (χ2n) is 8.64. The van der Waals surface area contributed by atoms with Gasteiger partial charge in [0, 0.05) is 11.5 Å². The maximum Gasteiger partial charge on any atom is 0.416 e. The maximum atomic E-state index is 15.1. The molecule has 0 aliphatic rings. The van der Waals surface area contributed by atoms with E-state index in [0.29, 0.717) is 60.1 Å². The molecular formula is C30H25F5O. The van der Waals surface area contributed by atoms with Crippen LogP contribution in [0.15, 0.2) is 85.5 Å². The average Bonchev–Trinajstić information content (AvgIpc) is 2.86. The Labute approximate surface area is 206 Å². The summed E-state index contributed by atoms with van der Waals surface area (Å²) in [7, 11) is 0. The smallest absolute Gasteiger partial charge is 0.416 e. The van der Waals surface area contributed by atoms with Gasteiger partial charge in [-0.05, 0) is 71.5 Å². The highest BCUT2D eigenvalue weighted by Crippen LogP contribution is 2.30. The number of benzene rings is 4. The van der Waals surface area contributed by atoms with Crippen LogP contribution in [-0.4, -0.2) is 6.61 Å². The predicted octanol–water partition coefficient (Wildman–Crippen LogP) is 8.27. The van der Waals surface area contributed by atoms with Gasteiger partial charge in [0.1, 0.15) is 24.0 Å². The minimum absolute atomic E-state index is 0.309. The molecule has 0 fully saturated rings. The number of halogens is 5. The van der Waals surface area contributed by atoms with E-state index in [1.165, 1.54) is 18.2 Å². The number of rotatable bonds is 9. The van der Waals surface area contributed by atoms with Crippen molar-refractivity contribution in [3.63, 3.8) is 0 Å². The molecule has 0 bridgehead atoms. The van der Waals surface area contributed by atoms with Crippen LogP contribution in [0.5, 0.6) is 5.75 Å². The monoisotopic (exact) mass is 496 g/mol. The number of ether oxygens (including phenoxy) is 1. The maximum absolute atomic E-state index is 15.1. The van der Waals surface area contributed by atoms with Gasteiger partial charge in [-0.25, -0.2) is 8.78 Å². The molecule has 4 aromatic rings. The molecule has 0 heterocycles. The van der Waals surface area contributed by atoms with E-state index in [0.717, 1.165) is 23.1 Å². The molecule has 0 saturated carbocycles. The highest BCUT2D eigenvalue weighted by atomic mass is 19.4. The second kappa shape index (κ2) is 10.9. The van der Waals surface area contributed by atoms with Crippen molar-refractivity contribution < 1.29 is 26.7 Å². The number of fused-ring (bicyclic) bond motifs is 1. The summed E-state index contributed by atoms with van der Waals surface area (Å²) in [5, 5.41) is 1.23. The zero-order valence-electron chi connectivity index (χ0n) is 19.5. The Hall–Kier alpha value is -3.67. The van der Waals surface area contributed by atoms with Crippen molar-refractivity contribution in [3.8, 4) is 5.75 Å². The van der Waals surface area contributed by atoms with E-state index in [-0.39, 0.29) is 11.6 Å². The van der Waals surface area contributed by atoms with Gasteiger partial charge in [-0.3, -0.25) is 0 Å². The Morgan fingerprint density at radius 1 is 0.722 bits per heavy atom. The average molecular weight is 497 g/mol. The third-order valence-electron chi connectivity index (χ3n) is 6.14. The first-order valence-electron chi connectivity index (χ1n) is 11.6. The van der Waals surface area contributed by atoms with Crippen molar-refractivity contribution in [2.75, 3.05) is 6.61 Å². The molecule has 0 aromatic heterocycles. The van der Waals surface area contributed by atoms with Crippen molar-refractivity contribution in [2.24, 2.45) is 0 Å². The van der Waals surface area contributed by atoms with Gasteiger partial charge < -0.3 is 4.74 Å². The van der Waals surface area contributed by atoms with Gasteiger partial charge in [0.25, 0.3) is 0 Å². The van der Waals surface area contributed by atoms with Gasteiger partial charge >= 0.3 is 6.18 Å². The minimum atomic E-state index is -4.37. The van der Waals surface area contributed by atoms with Gasteiger partial charge in [-0.2, -0.15) is 13.2 Å². The van der Waals surface area contributed by atoms with Crippen LogP contribution in [0, 0.1) is 11.6 Å². The quantitative estimate of drug-likeness (QED) is 0.167. The number of aryl methyl sites for hydroxylation is 4. The van der Waals surface area contributed by atoms with Crippen LogP contribution in [0.2, 0.25) is 0 Å². The fourth-order valence-corrected chi connectivity index (χ4v) is 4.13. The summed E-state index contributed by atoms with van der Waals surface area (Å²) >= 11 is 0. The highest BCUT2D eigenvalue weighted by Gasteiger charge is 2.29. The van der Waals surface area contributed by atoms with Crippen LogP contribution < -0.4 is 4.74 Å². The van der Waals surface area contributed by atoms with Gasteiger partial charge in [0.05, 0.1) is 5.56 Å². The molecular weight excluding hydrogens is 471 g/mol. The van der Waals surface area contributed by atoms with E-state index in [1.807, 2.05) is 18.2 Å². The van der Waals surface area contributed by atoms with E-state index in [4.69, 9.17) is 4.74 Å². The number of hydrogen-bond donors (Lipinski definition) is 0. The van der Waals surface area contributed by atoms with Crippen molar-refractivity contribution in [1.29, 1.82) is 0 Å². The summed E-state index contributed by atoms with van der Waals surface area (Å²) in [6.07, 6.45) is -0.885. The van der Waals surface area contributed by atoms with E-state index in [2.05, 4.69) is 6.58 Å². The number of hydrogen-bond acceptors (Lipinski definition) is 1. The zero-order valence-corrected chi connectivity index (χ0v) is 19.5. The zero-order chi connectivity index (χ0) is 25.7. The van der Waals surface area contributed by atoms with Crippen molar-refractivity contribution in [3.05, 3.63) is 125 Å². The molecule has 36 heavy (non-hydrogen) atoms. The molecule has 0 aliphatic carbocycles. The number of alkyl halides is 3. The summed E-state index contributed by atoms with van der Waals surface area (Å²) in [5.74, 6) is -0.209. The fourth-order valence-electron chi connectivity index (χ4n) is 4.13. The SMILES string of the molecule is C=CCOc1ccc(CCc2ccc3c(F)c(CCc4ccc(C(F)(F)F)cc4)ccc3c2)c(F)c1. The first-order chi connectivity index (χ1) is 17.2. The fraction of sp³-hybridized carbons (Fsp3) is 0.200. The molecule has 0 radical (unpaired) electrons. The lowest BCUT2D eigenvalue weighted by molar-refractivity contribution is -0.137. The van der Waals surface area contributed by atoms with Crippen LogP contribution in [0.4, 0.5) is 22.0 Å². The van der Waals surface area contributed by atoms with Gasteiger partial charge in [0.15, 0.2) is 0 Å². The Morgan fingerprint density at radius 3 is 2.08 bits per heavy atom. The van der Waals surface area contributed by atoms with Gasteiger partial charge in [-0.15, -0.1) is 0 Å². The first-order valence-corrected chi connectivity index (χ1v) is 11.6. The molecule has 4 rings (SSSR count). The predicted molar refractivity (Wildman–Crippen MR) is 132 cm³/mol. The van der Waals surface area contributed by atoms with Crippen LogP contribution >= 0.6 is 0 Å². The van der Waals surface area contributed by atoms with Crippen molar-refractivity contribution in [1.82, 2.24) is 0 Å². The molecule has 4 aromatic carbocycles. The first kappa shape index (κ1) is 25.4. The van der Waals surface area contributed by atoms with Crippen LogP contribution in [0.1, 0.15) is 27.8 Å². The van der Waals surface area contributed by atoms with Crippen LogP contribution in [-0.2, 0) is 31.9 Å². The molecule has 0 spiro atoms. The van der Waals surface area contributed by atoms with E-state index in [1.54, 1.807) is 30.3 Å². The van der Waals surface area contributed by atoms with Gasteiger partial charge in [0.2, 0.25) is 0 Å². The summed E-state index contributed by atoms with van der Waals surface area (Å²) < 4.78 is 73.1. The Morgan fingerprint density at radius 2 is 1.39 bits per heavy atom. The molecule has 0 N–H and O–H groups in total. The molecule has 1 nitrogen and oxygen atoms in total. The van der Waals surface area contributed by atoms with Gasteiger partial charge in [-0.1, -0.05) is 61.2 Å². The molecule has 0 amide bonds. The Kier molecular flexibility index (Phi) is 7.73. The standard InChI is InChI=1S/C30H25F5O/c1-2-17-36-26-15-12-22(28(31)19-26)8-4-21-7-16-27-24(18-21)11-10-23(29(27)32)9-3-20-5-13-25(14-6-20)30(33,34)35/h2,5-7,10-16,18-19H,1,3-4,8-9,17H2. The summed E-state index contributed by atoms with van der Waals surface area (Å²) in [6, 6.07) is 18.8. The Balaban J connectivity index is 1.41. The highest BCUT2D eigenvalue weighted by molar-refractivity contribution is 5.84. The molecule has 0 saturated heterocycles. The lowest BCUT2D eigenvalue weighted by Crippen LogP contribution is -2.04. The lowest BCUT2D eigenvalue weighted by atomic mass is 9.97.